The number of ether oxygens (including phenoxy) is 4. The molecule has 594 valence electrons. The molecule has 0 heterocycles. The fourth-order valence-corrected chi connectivity index (χ4v) is 14.0. The van der Waals surface area contributed by atoms with Crippen molar-refractivity contribution in [1.82, 2.24) is 0 Å². The van der Waals surface area contributed by atoms with Crippen molar-refractivity contribution < 1.29 is 80.2 Å². The van der Waals surface area contributed by atoms with E-state index in [1.807, 2.05) is 0 Å². The summed E-state index contributed by atoms with van der Waals surface area (Å²) in [5, 5.41) is 10.6. The molecule has 0 aromatic heterocycles. The van der Waals surface area contributed by atoms with Crippen LogP contribution in [0.4, 0.5) is 0 Å². The average molecular weight is 1470 g/mol. The summed E-state index contributed by atoms with van der Waals surface area (Å²) in [6, 6.07) is 0. The molecule has 0 radical (unpaired) electrons. The van der Waals surface area contributed by atoms with Crippen LogP contribution in [0.15, 0.2) is 0 Å². The lowest BCUT2D eigenvalue weighted by atomic mass is 9.99. The third-order valence-corrected chi connectivity index (χ3v) is 21.9. The molecule has 0 bridgehead atoms. The van der Waals surface area contributed by atoms with Crippen LogP contribution in [-0.4, -0.2) is 96.7 Å². The Morgan fingerprint density at radius 1 is 0.280 bits per heavy atom. The van der Waals surface area contributed by atoms with Gasteiger partial charge in [-0.2, -0.15) is 0 Å². The van der Waals surface area contributed by atoms with Crippen molar-refractivity contribution in [1.29, 1.82) is 0 Å². The minimum Gasteiger partial charge on any atom is -0.462 e. The van der Waals surface area contributed by atoms with E-state index in [0.29, 0.717) is 25.7 Å². The van der Waals surface area contributed by atoms with Gasteiger partial charge in [-0.3, -0.25) is 37.3 Å². The molecule has 0 saturated carbocycles. The molecule has 8 atom stereocenters. The summed E-state index contributed by atoms with van der Waals surface area (Å²) in [5.41, 5.74) is 0. The minimum absolute atomic E-state index is 0.106. The maximum atomic E-state index is 13.1. The van der Waals surface area contributed by atoms with Gasteiger partial charge < -0.3 is 33.8 Å². The molecule has 100 heavy (non-hydrogen) atoms. The van der Waals surface area contributed by atoms with Gasteiger partial charge >= 0.3 is 39.5 Å². The van der Waals surface area contributed by atoms with Crippen molar-refractivity contribution in [3.8, 4) is 0 Å². The molecule has 0 aliphatic heterocycles. The second-order valence-corrected chi connectivity index (χ2v) is 32.8. The van der Waals surface area contributed by atoms with Gasteiger partial charge in [0, 0.05) is 25.7 Å². The van der Waals surface area contributed by atoms with Crippen LogP contribution in [-0.2, 0) is 65.4 Å². The summed E-state index contributed by atoms with van der Waals surface area (Å²) in [6.07, 6.45) is 59.4. The number of carbonyl (C=O) groups is 4. The number of carbonyl (C=O) groups excluding carboxylic acids is 4. The second kappa shape index (κ2) is 71.3. The molecule has 0 aromatic carbocycles. The molecule has 0 fully saturated rings. The highest BCUT2D eigenvalue weighted by Crippen LogP contribution is 2.45. The van der Waals surface area contributed by atoms with Crippen LogP contribution < -0.4 is 0 Å². The smallest absolute Gasteiger partial charge is 0.462 e. The Bertz CT molecular complexity index is 1950. The highest BCUT2D eigenvalue weighted by Gasteiger charge is 2.30. The third kappa shape index (κ3) is 70.4. The number of hydrogen-bond acceptors (Lipinski definition) is 15. The lowest BCUT2D eigenvalue weighted by molar-refractivity contribution is -0.161. The van der Waals surface area contributed by atoms with Crippen LogP contribution in [0.3, 0.4) is 0 Å². The fourth-order valence-electron chi connectivity index (χ4n) is 12.4. The first-order valence-electron chi connectivity index (χ1n) is 42.0. The molecule has 17 nitrogen and oxygen atoms in total. The summed E-state index contributed by atoms with van der Waals surface area (Å²) < 4.78 is 68.7. The topological polar surface area (TPSA) is 237 Å². The van der Waals surface area contributed by atoms with E-state index in [9.17, 15) is 43.2 Å². The molecule has 3 N–H and O–H groups in total. The molecular weight excluding hydrogens is 1310 g/mol. The molecule has 0 rings (SSSR count). The molecule has 0 amide bonds. The number of phosphoric ester groups is 2. The molecule has 0 saturated heterocycles. The van der Waals surface area contributed by atoms with Crippen LogP contribution in [0.1, 0.15) is 421 Å². The van der Waals surface area contributed by atoms with E-state index >= 15 is 0 Å². The molecule has 0 aromatic rings. The van der Waals surface area contributed by atoms with Crippen molar-refractivity contribution in [2.45, 2.75) is 439 Å². The molecule has 0 spiro atoms. The summed E-state index contributed by atoms with van der Waals surface area (Å²) in [4.78, 5) is 73.0. The SMILES string of the molecule is CCCCCCCCCCCCC(=O)OC[C@H](COP(=O)(O)OC[C@H](O)COP(=O)(O)OC[C@@H](COC(=O)CCCCCCCCCCCCCCCCC(C)CC)OC(=O)CCCCCCCCCCCCCCCCC(C)CC)OC(=O)CCCCCCCCCCCCC(C)CC. The Morgan fingerprint density at radius 3 is 0.710 bits per heavy atom. The highest BCUT2D eigenvalue weighted by molar-refractivity contribution is 7.47. The van der Waals surface area contributed by atoms with Gasteiger partial charge in [0.05, 0.1) is 26.4 Å². The molecular formula is C81H158O17P2. The van der Waals surface area contributed by atoms with Crippen molar-refractivity contribution in [3.05, 3.63) is 0 Å². The van der Waals surface area contributed by atoms with Gasteiger partial charge in [0.2, 0.25) is 0 Å². The maximum Gasteiger partial charge on any atom is 0.472 e. The monoisotopic (exact) mass is 1470 g/mol. The number of esters is 4. The van der Waals surface area contributed by atoms with Crippen LogP contribution in [0.2, 0.25) is 0 Å². The highest BCUT2D eigenvalue weighted by atomic mass is 31.2. The lowest BCUT2D eigenvalue weighted by Crippen LogP contribution is -2.30. The van der Waals surface area contributed by atoms with Crippen LogP contribution >= 0.6 is 15.6 Å². The first kappa shape index (κ1) is 98.1. The Labute approximate surface area is 613 Å². The summed E-state index contributed by atoms with van der Waals surface area (Å²) in [7, 11) is -9.92. The van der Waals surface area contributed by atoms with Gasteiger partial charge in [-0.15, -0.1) is 0 Å². The number of phosphoric acid groups is 2. The predicted molar refractivity (Wildman–Crippen MR) is 409 cm³/mol. The van der Waals surface area contributed by atoms with Gasteiger partial charge in [0.15, 0.2) is 12.2 Å². The number of rotatable bonds is 79. The van der Waals surface area contributed by atoms with E-state index in [4.69, 9.17) is 37.0 Å². The summed E-state index contributed by atoms with van der Waals surface area (Å²) in [5.74, 6) is 0.389. The predicted octanol–water partition coefficient (Wildman–Crippen LogP) is 24.1. The lowest BCUT2D eigenvalue weighted by Gasteiger charge is -2.21. The quantitative estimate of drug-likeness (QED) is 0.0222. The third-order valence-electron chi connectivity index (χ3n) is 20.0. The minimum atomic E-state index is -4.96. The largest absolute Gasteiger partial charge is 0.472 e. The van der Waals surface area contributed by atoms with E-state index in [0.717, 1.165) is 108 Å². The second-order valence-electron chi connectivity index (χ2n) is 29.9. The first-order chi connectivity index (χ1) is 48.3. The number of unbranched alkanes of at least 4 members (excludes halogenated alkanes) is 44. The van der Waals surface area contributed by atoms with Crippen molar-refractivity contribution in [3.63, 3.8) is 0 Å². The van der Waals surface area contributed by atoms with Gasteiger partial charge in [-0.05, 0) is 43.4 Å². The average Bonchev–Trinajstić information content (AvgIpc) is 0.952. The van der Waals surface area contributed by atoms with E-state index in [1.54, 1.807) is 0 Å². The summed E-state index contributed by atoms with van der Waals surface area (Å²) >= 11 is 0. The molecule has 0 aliphatic rings. The van der Waals surface area contributed by atoms with E-state index < -0.39 is 97.5 Å². The van der Waals surface area contributed by atoms with E-state index in [-0.39, 0.29) is 25.7 Å². The Balaban J connectivity index is 5.25. The van der Waals surface area contributed by atoms with Gasteiger partial charge in [0.25, 0.3) is 0 Å². The standard InChI is InChI=1S/C81H158O17P2/c1-8-12-13-14-15-16-34-41-48-55-62-78(83)91-68-76(98-81(86)65-58-51-44-37-30-29-33-40-47-54-61-74(7)11-4)70-95-99(87,88)93-66-75(82)67-94-100(89,90)96-71-77(97-80(85)64-57-50-43-36-28-24-20-18-22-26-32-39-46-53-60-73(6)10-3)69-92-79(84)63-56-49-42-35-27-23-19-17-21-25-31-38-45-52-59-72(5)9-2/h72-77,82H,8-71H2,1-7H3,(H,87,88)(H,89,90)/t72?,73?,74?,75-,76+,77+/m0/s1. The zero-order valence-electron chi connectivity index (χ0n) is 65.7. The summed E-state index contributed by atoms with van der Waals surface area (Å²) in [6.45, 7) is 12.1. The van der Waals surface area contributed by atoms with Crippen LogP contribution in [0.25, 0.3) is 0 Å². The maximum absolute atomic E-state index is 13.1. The van der Waals surface area contributed by atoms with Crippen molar-refractivity contribution in [2.75, 3.05) is 39.6 Å². The number of aliphatic hydroxyl groups is 1. The van der Waals surface area contributed by atoms with Gasteiger partial charge in [0.1, 0.15) is 19.3 Å². The van der Waals surface area contributed by atoms with E-state index in [1.165, 1.54) is 231 Å². The van der Waals surface area contributed by atoms with Crippen molar-refractivity contribution >= 4 is 39.5 Å². The van der Waals surface area contributed by atoms with E-state index in [2.05, 4.69) is 48.5 Å². The van der Waals surface area contributed by atoms with Gasteiger partial charge in [-0.1, -0.05) is 370 Å². The molecule has 19 heteroatoms. The zero-order chi connectivity index (χ0) is 73.7. The van der Waals surface area contributed by atoms with Gasteiger partial charge in [-0.25, -0.2) is 9.13 Å². The van der Waals surface area contributed by atoms with Crippen molar-refractivity contribution in [2.24, 2.45) is 17.8 Å². The number of hydrogen-bond donors (Lipinski definition) is 3. The Morgan fingerprint density at radius 2 is 0.480 bits per heavy atom. The Kier molecular flexibility index (Phi) is 69.9. The fraction of sp³-hybridized carbons (Fsp3) is 0.951. The molecule has 0 aliphatic carbocycles. The Hall–Kier alpha value is -1.94. The molecule has 5 unspecified atom stereocenters. The first-order valence-corrected chi connectivity index (χ1v) is 45.0. The van der Waals surface area contributed by atoms with Crippen LogP contribution in [0, 0.1) is 17.8 Å². The number of aliphatic hydroxyl groups excluding tert-OH is 1. The van der Waals surface area contributed by atoms with Crippen LogP contribution in [0.5, 0.6) is 0 Å². The normalized spacial score (nSPS) is 14.8. The zero-order valence-corrected chi connectivity index (χ0v) is 67.5.